The van der Waals surface area contributed by atoms with Crippen LogP contribution in [-0.2, 0) is 13.0 Å². The van der Waals surface area contributed by atoms with Gasteiger partial charge in [-0.2, -0.15) is 0 Å². The zero-order valence-electron chi connectivity index (χ0n) is 16.4. The van der Waals surface area contributed by atoms with Crippen molar-refractivity contribution in [2.24, 2.45) is 4.99 Å². The Bertz CT molecular complexity index is 805. The van der Waals surface area contributed by atoms with E-state index in [1.807, 2.05) is 30.5 Å². The Morgan fingerprint density at radius 1 is 1.32 bits per heavy atom. The fraction of sp³-hybridized carbons (Fsp3) is 0.421. The van der Waals surface area contributed by atoms with E-state index in [0.29, 0.717) is 29.1 Å². The highest BCUT2D eigenvalue weighted by molar-refractivity contribution is 14.0. The van der Waals surface area contributed by atoms with Gasteiger partial charge in [-0.1, -0.05) is 48.3 Å². The standard InChI is InChI=1S/C19H26Cl2N6.HI/c1-5-18-26-24-12-27(18)9-8-22-19(23-11-13(2)3)25-14(4)15-6-7-16(20)17(21)10-15;/h6-7,10,12,14H,2,5,8-9,11H2,1,3-4H3,(H2,22,23,25);1H. The molecule has 0 amide bonds. The van der Waals surface area contributed by atoms with Crippen LogP contribution in [0.3, 0.4) is 0 Å². The summed E-state index contributed by atoms with van der Waals surface area (Å²) in [6.45, 7) is 12.0. The highest BCUT2D eigenvalue weighted by Gasteiger charge is 2.10. The molecule has 0 aliphatic carbocycles. The number of rotatable bonds is 8. The Hall–Kier alpha value is -1.32. The third kappa shape index (κ3) is 7.60. The number of aryl methyl sites for hydroxylation is 1. The predicted molar refractivity (Wildman–Crippen MR) is 128 cm³/mol. The van der Waals surface area contributed by atoms with E-state index < -0.39 is 0 Å². The van der Waals surface area contributed by atoms with Crippen molar-refractivity contribution in [1.82, 2.24) is 25.4 Å². The maximum Gasteiger partial charge on any atom is 0.192 e. The highest BCUT2D eigenvalue weighted by atomic mass is 127. The topological polar surface area (TPSA) is 67.1 Å². The first kappa shape index (κ1) is 24.7. The van der Waals surface area contributed by atoms with Gasteiger partial charge in [0, 0.05) is 19.5 Å². The van der Waals surface area contributed by atoms with E-state index in [1.54, 1.807) is 12.4 Å². The maximum atomic E-state index is 6.13. The van der Waals surface area contributed by atoms with Crippen LogP contribution in [0.5, 0.6) is 0 Å². The van der Waals surface area contributed by atoms with Crippen LogP contribution < -0.4 is 10.6 Å². The molecular weight excluding hydrogens is 510 g/mol. The number of nitrogens with zero attached hydrogens (tertiary/aromatic N) is 4. The molecule has 2 rings (SSSR count). The van der Waals surface area contributed by atoms with E-state index in [0.717, 1.165) is 29.9 Å². The van der Waals surface area contributed by atoms with Crippen molar-refractivity contribution in [1.29, 1.82) is 0 Å². The number of hydrogen-bond acceptors (Lipinski definition) is 3. The van der Waals surface area contributed by atoms with Crippen LogP contribution in [0.2, 0.25) is 10.0 Å². The minimum atomic E-state index is 0. The van der Waals surface area contributed by atoms with Crippen molar-refractivity contribution >= 4 is 53.1 Å². The molecule has 0 saturated heterocycles. The SMILES string of the molecule is C=C(C)CN=C(NCCn1cnnc1CC)NC(C)c1ccc(Cl)c(Cl)c1.I. The Kier molecular flexibility index (Phi) is 10.8. The van der Waals surface area contributed by atoms with Gasteiger partial charge in [-0.3, -0.25) is 0 Å². The zero-order valence-corrected chi connectivity index (χ0v) is 20.2. The summed E-state index contributed by atoms with van der Waals surface area (Å²) in [5.74, 6) is 1.68. The summed E-state index contributed by atoms with van der Waals surface area (Å²) in [5.41, 5.74) is 2.02. The number of guanidine groups is 1. The first-order valence-corrected chi connectivity index (χ1v) is 9.67. The molecule has 1 aromatic heterocycles. The van der Waals surface area contributed by atoms with Crippen molar-refractivity contribution in [2.45, 2.75) is 39.8 Å². The maximum absolute atomic E-state index is 6.13. The van der Waals surface area contributed by atoms with Crippen molar-refractivity contribution in [3.05, 3.63) is 58.1 Å². The lowest BCUT2D eigenvalue weighted by molar-refractivity contribution is 0.620. The lowest BCUT2D eigenvalue weighted by Gasteiger charge is -2.19. The molecule has 0 saturated carbocycles. The Morgan fingerprint density at radius 2 is 2.07 bits per heavy atom. The van der Waals surface area contributed by atoms with E-state index in [-0.39, 0.29) is 30.0 Å². The minimum absolute atomic E-state index is 0. The number of hydrogen-bond donors (Lipinski definition) is 2. The molecule has 1 aromatic carbocycles. The second-order valence-corrected chi connectivity index (χ2v) is 7.20. The quantitative estimate of drug-likeness (QED) is 0.223. The number of nitrogens with one attached hydrogen (secondary N) is 2. The molecule has 6 nitrogen and oxygen atoms in total. The molecule has 0 aliphatic heterocycles. The normalized spacial score (nSPS) is 12.2. The van der Waals surface area contributed by atoms with Gasteiger partial charge < -0.3 is 15.2 Å². The summed E-state index contributed by atoms with van der Waals surface area (Å²) in [4.78, 5) is 4.59. The lowest BCUT2D eigenvalue weighted by Crippen LogP contribution is -2.40. The van der Waals surface area contributed by atoms with Gasteiger partial charge in [-0.15, -0.1) is 34.2 Å². The minimum Gasteiger partial charge on any atom is -0.355 e. The number of aromatic nitrogens is 3. The summed E-state index contributed by atoms with van der Waals surface area (Å²) >= 11 is 12.1. The fourth-order valence-corrected chi connectivity index (χ4v) is 2.78. The third-order valence-corrected chi connectivity index (χ3v) is 4.70. The molecule has 1 unspecified atom stereocenters. The molecule has 0 fully saturated rings. The number of benzene rings is 1. The number of aliphatic imine (C=N–C) groups is 1. The monoisotopic (exact) mass is 536 g/mol. The first-order valence-electron chi connectivity index (χ1n) is 8.91. The van der Waals surface area contributed by atoms with Crippen LogP contribution in [0.1, 0.15) is 38.2 Å². The highest BCUT2D eigenvalue weighted by Crippen LogP contribution is 2.25. The molecule has 9 heteroatoms. The average Bonchev–Trinajstić information content (AvgIpc) is 3.09. The zero-order chi connectivity index (χ0) is 19.8. The van der Waals surface area contributed by atoms with Crippen molar-refractivity contribution in [3.63, 3.8) is 0 Å². The van der Waals surface area contributed by atoms with Crippen LogP contribution in [0.4, 0.5) is 0 Å². The van der Waals surface area contributed by atoms with Crippen LogP contribution in [0.25, 0.3) is 0 Å². The average molecular weight is 537 g/mol. The second kappa shape index (κ2) is 12.3. The van der Waals surface area contributed by atoms with Gasteiger partial charge in [-0.25, -0.2) is 4.99 Å². The van der Waals surface area contributed by atoms with Crippen molar-refractivity contribution in [3.8, 4) is 0 Å². The van der Waals surface area contributed by atoms with E-state index >= 15 is 0 Å². The summed E-state index contributed by atoms with van der Waals surface area (Å²) in [6, 6.07) is 5.63. The van der Waals surface area contributed by atoms with Crippen LogP contribution in [-0.4, -0.2) is 33.8 Å². The molecule has 154 valence electrons. The Labute approximate surface area is 193 Å². The molecule has 0 aliphatic rings. The van der Waals surface area contributed by atoms with Gasteiger partial charge in [-0.05, 0) is 31.5 Å². The van der Waals surface area contributed by atoms with Crippen molar-refractivity contribution < 1.29 is 0 Å². The third-order valence-electron chi connectivity index (χ3n) is 3.96. The Morgan fingerprint density at radius 3 is 2.71 bits per heavy atom. The van der Waals surface area contributed by atoms with Gasteiger partial charge in [0.1, 0.15) is 12.2 Å². The first-order chi connectivity index (χ1) is 12.9. The van der Waals surface area contributed by atoms with Crippen LogP contribution >= 0.6 is 47.2 Å². The summed E-state index contributed by atoms with van der Waals surface area (Å²) < 4.78 is 2.03. The van der Waals surface area contributed by atoms with Gasteiger partial charge in [0.05, 0.1) is 22.6 Å². The van der Waals surface area contributed by atoms with Crippen LogP contribution in [0, 0.1) is 0 Å². The molecule has 0 radical (unpaired) electrons. The largest absolute Gasteiger partial charge is 0.355 e. The molecule has 2 aromatic rings. The Balaban J connectivity index is 0.00000392. The lowest BCUT2D eigenvalue weighted by atomic mass is 10.1. The van der Waals surface area contributed by atoms with E-state index in [9.17, 15) is 0 Å². The van der Waals surface area contributed by atoms with Crippen molar-refractivity contribution in [2.75, 3.05) is 13.1 Å². The molecule has 0 bridgehead atoms. The van der Waals surface area contributed by atoms with E-state index in [4.69, 9.17) is 23.2 Å². The summed E-state index contributed by atoms with van der Waals surface area (Å²) in [6.07, 6.45) is 2.60. The van der Waals surface area contributed by atoms with Gasteiger partial charge in [0.15, 0.2) is 5.96 Å². The smallest absolute Gasteiger partial charge is 0.192 e. The fourth-order valence-electron chi connectivity index (χ4n) is 2.47. The molecular formula is C19H27Cl2IN6. The predicted octanol–water partition coefficient (Wildman–Crippen LogP) is 4.64. The molecule has 0 spiro atoms. The van der Waals surface area contributed by atoms with Gasteiger partial charge in [0.25, 0.3) is 0 Å². The molecule has 1 atom stereocenters. The second-order valence-electron chi connectivity index (χ2n) is 6.38. The molecule has 28 heavy (non-hydrogen) atoms. The molecule has 2 N–H and O–H groups in total. The van der Waals surface area contributed by atoms with Gasteiger partial charge in [0.2, 0.25) is 0 Å². The summed E-state index contributed by atoms with van der Waals surface area (Å²) in [5, 5.41) is 15.9. The van der Waals surface area contributed by atoms with Crippen LogP contribution in [0.15, 0.2) is 41.7 Å². The van der Waals surface area contributed by atoms with E-state index in [2.05, 4.69) is 39.3 Å². The number of halogens is 3. The van der Waals surface area contributed by atoms with E-state index in [1.165, 1.54) is 0 Å². The van der Waals surface area contributed by atoms with Gasteiger partial charge >= 0.3 is 0 Å². The molecule has 1 heterocycles. The summed E-state index contributed by atoms with van der Waals surface area (Å²) in [7, 11) is 0.